The summed E-state index contributed by atoms with van der Waals surface area (Å²) in [5.41, 5.74) is 10.2. The third-order valence-electron chi connectivity index (χ3n) is 2.75. The van der Waals surface area contributed by atoms with E-state index >= 15 is 0 Å². The lowest BCUT2D eigenvalue weighted by molar-refractivity contribution is 0.765. The highest BCUT2D eigenvalue weighted by Gasteiger charge is 2.11. The molecule has 0 amide bonds. The van der Waals surface area contributed by atoms with Gasteiger partial charge in [0.2, 0.25) is 0 Å². The van der Waals surface area contributed by atoms with Crippen LogP contribution < -0.4 is 10.6 Å². The summed E-state index contributed by atoms with van der Waals surface area (Å²) in [4.78, 5) is 2.01. The first-order valence-corrected chi connectivity index (χ1v) is 5.58. The third kappa shape index (κ3) is 2.25. The first-order chi connectivity index (χ1) is 7.97. The summed E-state index contributed by atoms with van der Waals surface area (Å²) in [6, 6.07) is 6.40. The Bertz CT molecular complexity index is 522. The van der Waals surface area contributed by atoms with Crippen LogP contribution in [0, 0.1) is 13.8 Å². The fourth-order valence-electron chi connectivity index (χ4n) is 2.02. The van der Waals surface area contributed by atoms with Crippen LogP contribution in [0.25, 0.3) is 0 Å². The zero-order valence-electron chi connectivity index (χ0n) is 10.7. The van der Waals surface area contributed by atoms with Gasteiger partial charge in [-0.05, 0) is 37.1 Å². The molecule has 1 heterocycles. The number of nitrogen functional groups attached to an aromatic ring is 1. The van der Waals surface area contributed by atoms with Gasteiger partial charge in [0.1, 0.15) is 0 Å². The minimum Gasteiger partial charge on any atom is -0.394 e. The molecule has 1 aromatic heterocycles. The van der Waals surface area contributed by atoms with Crippen molar-refractivity contribution in [2.45, 2.75) is 13.8 Å². The summed E-state index contributed by atoms with van der Waals surface area (Å²) >= 11 is 0. The molecule has 0 aliphatic heterocycles. The molecule has 2 rings (SSSR count). The Balaban J connectivity index is 2.43. The molecule has 4 nitrogen and oxygen atoms in total. The molecule has 0 aliphatic rings. The molecular weight excluding hydrogens is 212 g/mol. The Kier molecular flexibility index (Phi) is 2.79. The van der Waals surface area contributed by atoms with Crippen molar-refractivity contribution in [3.8, 4) is 0 Å². The van der Waals surface area contributed by atoms with Crippen LogP contribution in [-0.4, -0.2) is 16.8 Å². The lowest BCUT2D eigenvalue weighted by Crippen LogP contribution is -2.12. The Hall–Kier alpha value is -1.97. The van der Waals surface area contributed by atoms with Gasteiger partial charge in [0.05, 0.1) is 5.69 Å². The van der Waals surface area contributed by atoms with Gasteiger partial charge in [0, 0.05) is 26.0 Å². The predicted octanol–water partition coefficient (Wildman–Crippen LogP) is 2.39. The van der Waals surface area contributed by atoms with Crippen LogP contribution >= 0.6 is 0 Å². The van der Waals surface area contributed by atoms with Crippen molar-refractivity contribution in [3.05, 3.63) is 35.5 Å². The minimum absolute atomic E-state index is 0.689. The van der Waals surface area contributed by atoms with Crippen molar-refractivity contribution in [1.82, 2.24) is 9.78 Å². The van der Waals surface area contributed by atoms with Crippen molar-refractivity contribution in [2.24, 2.45) is 7.05 Å². The Morgan fingerprint density at radius 2 is 1.76 bits per heavy atom. The molecule has 0 radical (unpaired) electrons. The zero-order chi connectivity index (χ0) is 12.6. The smallest absolute Gasteiger partial charge is 0.178 e. The average Bonchev–Trinajstić information content (AvgIpc) is 2.55. The van der Waals surface area contributed by atoms with Crippen LogP contribution in [0.3, 0.4) is 0 Å². The van der Waals surface area contributed by atoms with Gasteiger partial charge in [-0.15, -0.1) is 0 Å². The maximum atomic E-state index is 5.93. The van der Waals surface area contributed by atoms with Gasteiger partial charge in [0.25, 0.3) is 0 Å². The van der Waals surface area contributed by atoms with Gasteiger partial charge in [0.15, 0.2) is 5.82 Å². The summed E-state index contributed by atoms with van der Waals surface area (Å²) in [6.45, 7) is 4.18. The van der Waals surface area contributed by atoms with E-state index in [-0.39, 0.29) is 0 Å². The molecule has 0 fully saturated rings. The Morgan fingerprint density at radius 3 is 2.24 bits per heavy atom. The van der Waals surface area contributed by atoms with Gasteiger partial charge in [-0.1, -0.05) is 6.07 Å². The molecule has 0 saturated heterocycles. The van der Waals surface area contributed by atoms with Crippen LogP contribution in [0.2, 0.25) is 0 Å². The average molecular weight is 230 g/mol. The summed E-state index contributed by atoms with van der Waals surface area (Å²) in [5, 5.41) is 4.36. The summed E-state index contributed by atoms with van der Waals surface area (Å²) in [6.07, 6.45) is 1.81. The molecule has 4 heteroatoms. The van der Waals surface area contributed by atoms with Gasteiger partial charge < -0.3 is 10.6 Å². The SMILES string of the molecule is Cc1cc(C)cc(N(C)c2nn(C)cc2N)c1. The molecule has 90 valence electrons. The molecule has 17 heavy (non-hydrogen) atoms. The highest BCUT2D eigenvalue weighted by atomic mass is 15.3. The molecule has 0 unspecified atom stereocenters. The Labute approximate surface area is 102 Å². The monoisotopic (exact) mass is 230 g/mol. The standard InChI is InChI=1S/C13H18N4/c1-9-5-10(2)7-11(6-9)17(4)13-12(14)8-16(3)15-13/h5-8H,14H2,1-4H3. The highest BCUT2D eigenvalue weighted by molar-refractivity contribution is 5.70. The zero-order valence-corrected chi connectivity index (χ0v) is 10.7. The quantitative estimate of drug-likeness (QED) is 0.861. The lowest BCUT2D eigenvalue weighted by Gasteiger charge is -2.18. The first kappa shape index (κ1) is 11.5. The predicted molar refractivity (Wildman–Crippen MR) is 71.6 cm³/mol. The summed E-state index contributed by atoms with van der Waals surface area (Å²) < 4.78 is 1.73. The maximum absolute atomic E-state index is 5.93. The molecule has 2 N–H and O–H groups in total. The summed E-state index contributed by atoms with van der Waals surface area (Å²) in [7, 11) is 3.85. The molecule has 0 atom stereocenters. The van der Waals surface area contributed by atoms with E-state index in [1.807, 2.05) is 25.2 Å². The lowest BCUT2D eigenvalue weighted by atomic mass is 10.1. The first-order valence-electron chi connectivity index (χ1n) is 5.58. The molecule has 0 spiro atoms. The van der Waals surface area contributed by atoms with E-state index in [0.717, 1.165) is 11.5 Å². The van der Waals surface area contributed by atoms with Crippen LogP contribution in [0.4, 0.5) is 17.2 Å². The normalized spacial score (nSPS) is 10.6. The largest absolute Gasteiger partial charge is 0.394 e. The highest BCUT2D eigenvalue weighted by Crippen LogP contribution is 2.28. The van der Waals surface area contributed by atoms with Gasteiger partial charge in [-0.25, -0.2) is 0 Å². The molecule has 0 saturated carbocycles. The van der Waals surface area contributed by atoms with Crippen molar-refractivity contribution >= 4 is 17.2 Å². The van der Waals surface area contributed by atoms with E-state index < -0.39 is 0 Å². The number of aromatic nitrogens is 2. The van der Waals surface area contributed by atoms with Crippen LogP contribution in [0.1, 0.15) is 11.1 Å². The Morgan fingerprint density at radius 1 is 1.18 bits per heavy atom. The number of hydrogen-bond donors (Lipinski definition) is 1. The van der Waals surface area contributed by atoms with Crippen molar-refractivity contribution < 1.29 is 0 Å². The summed E-state index contributed by atoms with van der Waals surface area (Å²) in [5.74, 6) is 0.789. The van der Waals surface area contributed by atoms with E-state index in [1.54, 1.807) is 4.68 Å². The van der Waals surface area contributed by atoms with Crippen molar-refractivity contribution in [1.29, 1.82) is 0 Å². The molecular formula is C13H18N4. The number of hydrogen-bond acceptors (Lipinski definition) is 3. The number of aryl methyl sites for hydroxylation is 3. The van der Waals surface area contributed by atoms with E-state index in [0.29, 0.717) is 5.69 Å². The van der Waals surface area contributed by atoms with Crippen LogP contribution in [0.5, 0.6) is 0 Å². The fraction of sp³-hybridized carbons (Fsp3) is 0.308. The fourth-order valence-corrected chi connectivity index (χ4v) is 2.02. The second-order valence-electron chi connectivity index (χ2n) is 4.49. The number of nitrogens with zero attached hydrogens (tertiary/aromatic N) is 3. The minimum atomic E-state index is 0.689. The maximum Gasteiger partial charge on any atom is 0.178 e. The molecule has 0 bridgehead atoms. The van der Waals surface area contributed by atoms with Crippen LogP contribution in [0.15, 0.2) is 24.4 Å². The second-order valence-corrected chi connectivity index (χ2v) is 4.49. The van der Waals surface area contributed by atoms with Gasteiger partial charge in [-0.2, -0.15) is 5.10 Å². The van der Waals surface area contributed by atoms with Crippen molar-refractivity contribution in [3.63, 3.8) is 0 Å². The number of benzene rings is 1. The van der Waals surface area contributed by atoms with E-state index in [4.69, 9.17) is 5.73 Å². The van der Waals surface area contributed by atoms with E-state index in [9.17, 15) is 0 Å². The second kappa shape index (κ2) is 4.13. The van der Waals surface area contributed by atoms with Gasteiger partial charge in [-0.3, -0.25) is 4.68 Å². The van der Waals surface area contributed by atoms with E-state index in [1.165, 1.54) is 11.1 Å². The number of anilines is 3. The van der Waals surface area contributed by atoms with E-state index in [2.05, 4.69) is 37.1 Å². The molecule has 0 aliphatic carbocycles. The topological polar surface area (TPSA) is 47.1 Å². The number of nitrogens with two attached hydrogens (primary N) is 1. The van der Waals surface area contributed by atoms with Crippen molar-refractivity contribution in [2.75, 3.05) is 17.7 Å². The molecule has 1 aromatic carbocycles. The number of rotatable bonds is 2. The molecule has 2 aromatic rings. The van der Waals surface area contributed by atoms with Crippen LogP contribution in [-0.2, 0) is 7.05 Å². The van der Waals surface area contributed by atoms with Gasteiger partial charge >= 0.3 is 0 Å². The third-order valence-corrected chi connectivity index (χ3v) is 2.75.